The minimum atomic E-state index is -3.96. The highest BCUT2D eigenvalue weighted by molar-refractivity contribution is 7.87. The molecule has 2 aromatic carbocycles. The van der Waals surface area contributed by atoms with Gasteiger partial charge in [0.1, 0.15) is 16.2 Å². The quantitative estimate of drug-likeness (QED) is 0.519. The first kappa shape index (κ1) is 16.8. The van der Waals surface area contributed by atoms with Gasteiger partial charge in [-0.05, 0) is 62.9 Å². The van der Waals surface area contributed by atoms with Crippen molar-refractivity contribution in [3.8, 4) is 5.75 Å². The molecule has 3 aromatic rings. The Hall–Kier alpha value is -2.60. The Labute approximate surface area is 151 Å². The van der Waals surface area contributed by atoms with Gasteiger partial charge >= 0.3 is 15.7 Å². The van der Waals surface area contributed by atoms with Gasteiger partial charge in [0.25, 0.3) is 0 Å². The van der Waals surface area contributed by atoms with E-state index in [0.29, 0.717) is 11.1 Å². The lowest BCUT2D eigenvalue weighted by Gasteiger charge is -2.12. The average Bonchev–Trinajstić information content (AvgIpc) is 3.09. The van der Waals surface area contributed by atoms with E-state index in [9.17, 15) is 13.2 Å². The van der Waals surface area contributed by atoms with Gasteiger partial charge < -0.3 is 8.60 Å². The highest BCUT2D eigenvalue weighted by atomic mass is 32.2. The standard InChI is InChI=1S/C20H18O5S/c1-12-6-8-14(9-7-12)26(22,23)25-18-11-10-16-15-4-3-5-17(15)20(21)24-19(16)13(18)2/h6-11H,3-5H2,1-2H3. The zero-order valence-corrected chi connectivity index (χ0v) is 15.4. The summed E-state index contributed by atoms with van der Waals surface area (Å²) in [7, 11) is -3.96. The molecule has 1 aromatic heterocycles. The molecule has 134 valence electrons. The Balaban J connectivity index is 1.81. The summed E-state index contributed by atoms with van der Waals surface area (Å²) in [4.78, 5) is 12.3. The molecule has 0 atom stereocenters. The van der Waals surface area contributed by atoms with Gasteiger partial charge in [-0.15, -0.1) is 0 Å². The van der Waals surface area contributed by atoms with E-state index in [1.807, 2.05) is 6.92 Å². The van der Waals surface area contributed by atoms with Crippen LogP contribution in [0.15, 0.2) is 50.5 Å². The number of fused-ring (bicyclic) bond motifs is 3. The normalized spacial score (nSPS) is 13.8. The van der Waals surface area contributed by atoms with Crippen molar-refractivity contribution in [2.45, 2.75) is 38.0 Å². The van der Waals surface area contributed by atoms with Gasteiger partial charge in [0.05, 0.1) is 0 Å². The molecule has 1 aliphatic carbocycles. The predicted octanol–water partition coefficient (Wildman–Crippen LogP) is 3.67. The molecule has 0 aliphatic heterocycles. The van der Waals surface area contributed by atoms with E-state index in [1.54, 1.807) is 31.2 Å². The number of aryl methyl sites for hydroxylation is 3. The van der Waals surface area contributed by atoms with E-state index < -0.39 is 10.1 Å². The number of rotatable bonds is 3. The van der Waals surface area contributed by atoms with Gasteiger partial charge in [-0.2, -0.15) is 8.42 Å². The van der Waals surface area contributed by atoms with Gasteiger partial charge in [0, 0.05) is 16.5 Å². The molecule has 4 rings (SSSR count). The SMILES string of the molecule is Cc1ccc(S(=O)(=O)Oc2ccc3c4c(c(=O)oc3c2C)CCC4)cc1. The van der Waals surface area contributed by atoms with Crippen LogP contribution in [0.1, 0.15) is 28.7 Å². The zero-order chi connectivity index (χ0) is 18.5. The third-order valence-corrected chi connectivity index (χ3v) is 6.10. The van der Waals surface area contributed by atoms with E-state index in [2.05, 4.69) is 0 Å². The van der Waals surface area contributed by atoms with Crippen molar-refractivity contribution < 1.29 is 17.0 Å². The van der Waals surface area contributed by atoms with Crippen LogP contribution in [0.4, 0.5) is 0 Å². The molecule has 0 bridgehead atoms. The fraction of sp³-hybridized carbons (Fsp3) is 0.250. The molecule has 0 amide bonds. The molecule has 0 saturated heterocycles. The summed E-state index contributed by atoms with van der Waals surface area (Å²) in [5, 5.41) is 0.856. The van der Waals surface area contributed by atoms with Crippen LogP contribution in [0.5, 0.6) is 5.75 Å². The number of hydrogen-bond acceptors (Lipinski definition) is 5. The maximum Gasteiger partial charge on any atom is 0.339 e. The van der Waals surface area contributed by atoms with Crippen LogP contribution in [-0.4, -0.2) is 8.42 Å². The van der Waals surface area contributed by atoms with Gasteiger partial charge in [-0.25, -0.2) is 4.79 Å². The summed E-state index contributed by atoms with van der Waals surface area (Å²) < 4.78 is 35.9. The molecule has 5 nitrogen and oxygen atoms in total. The van der Waals surface area contributed by atoms with E-state index in [0.717, 1.165) is 41.3 Å². The third-order valence-electron chi connectivity index (χ3n) is 4.85. The molecule has 1 heterocycles. The van der Waals surface area contributed by atoms with Crippen molar-refractivity contribution >= 4 is 21.1 Å². The van der Waals surface area contributed by atoms with Gasteiger partial charge in [0.15, 0.2) is 0 Å². The first-order chi connectivity index (χ1) is 12.4. The third kappa shape index (κ3) is 2.70. The van der Waals surface area contributed by atoms with Crippen LogP contribution in [0, 0.1) is 13.8 Å². The smallest absolute Gasteiger partial charge is 0.339 e. The first-order valence-corrected chi connectivity index (χ1v) is 9.87. The largest absolute Gasteiger partial charge is 0.422 e. The molecule has 6 heteroatoms. The van der Waals surface area contributed by atoms with E-state index in [4.69, 9.17) is 8.60 Å². The second kappa shape index (κ2) is 5.99. The van der Waals surface area contributed by atoms with E-state index >= 15 is 0 Å². The molecule has 0 radical (unpaired) electrons. The van der Waals surface area contributed by atoms with Gasteiger partial charge in [-0.1, -0.05) is 17.7 Å². The van der Waals surface area contributed by atoms with E-state index in [1.165, 1.54) is 12.1 Å². The maximum absolute atomic E-state index is 12.5. The van der Waals surface area contributed by atoms with Gasteiger partial charge in [-0.3, -0.25) is 0 Å². The summed E-state index contributed by atoms with van der Waals surface area (Å²) in [6, 6.07) is 9.84. The van der Waals surface area contributed by atoms with Crippen molar-refractivity contribution in [1.29, 1.82) is 0 Å². The van der Waals surface area contributed by atoms with Gasteiger partial charge in [0.2, 0.25) is 0 Å². The Kier molecular flexibility index (Phi) is 3.88. The van der Waals surface area contributed by atoms with Crippen LogP contribution in [-0.2, 0) is 23.0 Å². The predicted molar refractivity (Wildman–Crippen MR) is 98.2 cm³/mol. The molecule has 1 aliphatic rings. The van der Waals surface area contributed by atoms with Crippen molar-refractivity contribution in [1.82, 2.24) is 0 Å². The van der Waals surface area contributed by atoms with Crippen LogP contribution in [0.2, 0.25) is 0 Å². The Morgan fingerprint density at radius 1 is 0.962 bits per heavy atom. The summed E-state index contributed by atoms with van der Waals surface area (Å²) in [5.41, 5.74) is 3.26. The Bertz CT molecular complexity index is 1170. The molecule has 0 fully saturated rings. The summed E-state index contributed by atoms with van der Waals surface area (Å²) in [6.45, 7) is 3.58. The topological polar surface area (TPSA) is 73.6 Å². The minimum Gasteiger partial charge on any atom is -0.422 e. The maximum atomic E-state index is 12.5. The fourth-order valence-electron chi connectivity index (χ4n) is 3.42. The van der Waals surface area contributed by atoms with Crippen molar-refractivity contribution in [2.24, 2.45) is 0 Å². The van der Waals surface area contributed by atoms with E-state index in [-0.39, 0.29) is 16.3 Å². The summed E-state index contributed by atoms with van der Waals surface area (Å²) >= 11 is 0. The lowest BCUT2D eigenvalue weighted by Crippen LogP contribution is -2.11. The highest BCUT2D eigenvalue weighted by Gasteiger charge is 2.23. The van der Waals surface area contributed by atoms with Crippen LogP contribution >= 0.6 is 0 Å². The zero-order valence-electron chi connectivity index (χ0n) is 14.5. The van der Waals surface area contributed by atoms with Crippen molar-refractivity contribution in [3.05, 3.63) is 69.1 Å². The molecular formula is C20H18O5S. The lowest BCUT2D eigenvalue weighted by molar-refractivity contribution is 0.482. The van der Waals surface area contributed by atoms with Crippen LogP contribution < -0.4 is 9.81 Å². The Morgan fingerprint density at radius 3 is 2.38 bits per heavy atom. The van der Waals surface area contributed by atoms with Crippen molar-refractivity contribution in [2.75, 3.05) is 0 Å². The summed E-state index contributed by atoms with van der Waals surface area (Å²) in [5.74, 6) is 0.166. The second-order valence-electron chi connectivity index (χ2n) is 6.62. The second-order valence-corrected chi connectivity index (χ2v) is 8.16. The van der Waals surface area contributed by atoms with Crippen LogP contribution in [0.25, 0.3) is 11.0 Å². The first-order valence-electron chi connectivity index (χ1n) is 8.46. The highest BCUT2D eigenvalue weighted by Crippen LogP contribution is 2.34. The molecule has 0 unspecified atom stereocenters. The molecule has 0 spiro atoms. The minimum absolute atomic E-state index is 0.0815. The number of hydrogen-bond donors (Lipinski definition) is 0. The van der Waals surface area contributed by atoms with Crippen molar-refractivity contribution in [3.63, 3.8) is 0 Å². The summed E-state index contributed by atoms with van der Waals surface area (Å²) in [6.07, 6.45) is 2.49. The lowest BCUT2D eigenvalue weighted by atomic mass is 10.0. The average molecular weight is 370 g/mol. The van der Waals surface area contributed by atoms with Crippen LogP contribution in [0.3, 0.4) is 0 Å². The Morgan fingerprint density at radius 2 is 1.65 bits per heavy atom. The fourth-order valence-corrected chi connectivity index (χ4v) is 4.41. The molecule has 0 saturated carbocycles. The molecular weight excluding hydrogens is 352 g/mol. The monoisotopic (exact) mass is 370 g/mol. The number of benzene rings is 2. The molecule has 26 heavy (non-hydrogen) atoms. The molecule has 0 N–H and O–H groups in total.